The minimum absolute atomic E-state index is 0.123. The van der Waals surface area contributed by atoms with Gasteiger partial charge < -0.3 is 15.4 Å². The van der Waals surface area contributed by atoms with Crippen molar-refractivity contribution in [2.45, 2.75) is 0 Å². The lowest BCUT2D eigenvalue weighted by molar-refractivity contribution is 0.0691. The van der Waals surface area contributed by atoms with E-state index in [9.17, 15) is 18.0 Å². The number of rotatable bonds is 6. The van der Waals surface area contributed by atoms with Crippen LogP contribution in [0.5, 0.6) is 0 Å². The molecule has 19 heavy (non-hydrogen) atoms. The average molecular weight is 276 g/mol. The number of hydrogen-bond donors (Lipinski definition) is 1. The summed E-state index contributed by atoms with van der Waals surface area (Å²) in [5.41, 5.74) is 4.55. The fourth-order valence-corrected chi connectivity index (χ4v) is 1.58. The smallest absolute Gasteiger partial charge is 0.259 e. The molecular formula is C12H15F3N2O2. The van der Waals surface area contributed by atoms with E-state index in [0.29, 0.717) is 12.1 Å². The van der Waals surface area contributed by atoms with Crippen LogP contribution in [0.1, 0.15) is 10.4 Å². The normalized spacial score (nSPS) is 10.6. The van der Waals surface area contributed by atoms with Gasteiger partial charge in [0.05, 0.1) is 6.61 Å². The van der Waals surface area contributed by atoms with Crippen molar-refractivity contribution in [1.29, 1.82) is 0 Å². The maximum atomic E-state index is 13.5. The molecule has 1 aromatic carbocycles. The maximum absolute atomic E-state index is 13.5. The SMILES string of the molecule is COCCN(CCN)C(=O)c1c(F)cc(F)cc1F. The monoisotopic (exact) mass is 276 g/mol. The first-order chi connectivity index (χ1) is 9.01. The second-order valence-corrected chi connectivity index (χ2v) is 3.82. The molecule has 1 amide bonds. The summed E-state index contributed by atoms with van der Waals surface area (Å²) >= 11 is 0. The number of nitrogens with zero attached hydrogens (tertiary/aromatic N) is 1. The molecular weight excluding hydrogens is 261 g/mol. The number of ether oxygens (including phenoxy) is 1. The van der Waals surface area contributed by atoms with E-state index in [1.165, 1.54) is 7.11 Å². The van der Waals surface area contributed by atoms with E-state index in [1.54, 1.807) is 0 Å². The molecule has 0 saturated carbocycles. The summed E-state index contributed by atoms with van der Waals surface area (Å²) in [6, 6.07) is 0.931. The molecule has 0 aromatic heterocycles. The molecule has 1 rings (SSSR count). The van der Waals surface area contributed by atoms with Gasteiger partial charge in [0.25, 0.3) is 5.91 Å². The van der Waals surface area contributed by atoms with Gasteiger partial charge in [0, 0.05) is 38.9 Å². The minimum Gasteiger partial charge on any atom is -0.383 e. The van der Waals surface area contributed by atoms with Gasteiger partial charge in [-0.15, -0.1) is 0 Å². The van der Waals surface area contributed by atoms with Crippen LogP contribution in [0.25, 0.3) is 0 Å². The quantitative estimate of drug-likeness (QED) is 0.848. The lowest BCUT2D eigenvalue weighted by Gasteiger charge is -2.22. The number of hydrogen-bond acceptors (Lipinski definition) is 3. The van der Waals surface area contributed by atoms with Crippen LogP contribution in [0, 0.1) is 17.5 Å². The number of methoxy groups -OCH3 is 1. The van der Waals surface area contributed by atoms with Crippen molar-refractivity contribution in [2.75, 3.05) is 33.4 Å². The standard InChI is InChI=1S/C12H15F3N2O2/c1-19-5-4-17(3-2-16)12(18)11-9(14)6-8(13)7-10(11)15/h6-7H,2-5,16H2,1H3. The number of benzene rings is 1. The molecule has 2 N–H and O–H groups in total. The van der Waals surface area contributed by atoms with Crippen molar-refractivity contribution in [2.24, 2.45) is 5.73 Å². The molecule has 0 atom stereocenters. The van der Waals surface area contributed by atoms with Crippen LogP contribution in [0.2, 0.25) is 0 Å². The Morgan fingerprint density at radius 1 is 1.26 bits per heavy atom. The lowest BCUT2D eigenvalue weighted by atomic mass is 10.1. The van der Waals surface area contributed by atoms with Crippen molar-refractivity contribution < 1.29 is 22.7 Å². The molecule has 106 valence electrons. The van der Waals surface area contributed by atoms with Crippen LogP contribution in [0.15, 0.2) is 12.1 Å². The van der Waals surface area contributed by atoms with Crippen LogP contribution in [-0.2, 0) is 4.74 Å². The van der Waals surface area contributed by atoms with Crippen molar-refractivity contribution in [3.63, 3.8) is 0 Å². The van der Waals surface area contributed by atoms with Gasteiger partial charge >= 0.3 is 0 Å². The number of carbonyl (C=O) groups is 1. The van der Waals surface area contributed by atoms with Gasteiger partial charge in [0.1, 0.15) is 23.0 Å². The molecule has 0 heterocycles. The molecule has 1 aromatic rings. The zero-order chi connectivity index (χ0) is 14.4. The van der Waals surface area contributed by atoms with Crippen molar-refractivity contribution in [3.8, 4) is 0 Å². The number of carbonyl (C=O) groups excluding carboxylic acids is 1. The molecule has 0 saturated heterocycles. The number of halogens is 3. The molecule has 4 nitrogen and oxygen atoms in total. The minimum atomic E-state index is -1.23. The summed E-state index contributed by atoms with van der Waals surface area (Å²) in [4.78, 5) is 13.2. The van der Waals surface area contributed by atoms with Gasteiger partial charge in [-0.1, -0.05) is 0 Å². The topological polar surface area (TPSA) is 55.6 Å². The molecule has 0 unspecified atom stereocenters. The highest BCUT2D eigenvalue weighted by Gasteiger charge is 2.23. The molecule has 7 heteroatoms. The summed E-state index contributed by atoms with van der Waals surface area (Å²) in [5.74, 6) is -4.42. The van der Waals surface area contributed by atoms with E-state index in [1.807, 2.05) is 0 Å². The zero-order valence-electron chi connectivity index (χ0n) is 10.5. The molecule has 0 bridgehead atoms. The Labute approximate surface area is 108 Å². The largest absolute Gasteiger partial charge is 0.383 e. The average Bonchev–Trinajstić information content (AvgIpc) is 2.33. The maximum Gasteiger partial charge on any atom is 0.259 e. The fraction of sp³-hybridized carbons (Fsp3) is 0.417. The first-order valence-electron chi connectivity index (χ1n) is 5.64. The van der Waals surface area contributed by atoms with Gasteiger partial charge in [-0.2, -0.15) is 0 Å². The Balaban J connectivity index is 3.02. The summed E-state index contributed by atoms with van der Waals surface area (Å²) in [5, 5.41) is 0. The highest BCUT2D eigenvalue weighted by atomic mass is 19.1. The second kappa shape index (κ2) is 7.10. The third-order valence-electron chi connectivity index (χ3n) is 2.47. The highest BCUT2D eigenvalue weighted by molar-refractivity contribution is 5.94. The van der Waals surface area contributed by atoms with Crippen LogP contribution in [0.4, 0.5) is 13.2 Å². The lowest BCUT2D eigenvalue weighted by Crippen LogP contribution is -2.38. The Bertz CT molecular complexity index is 432. The van der Waals surface area contributed by atoms with E-state index in [4.69, 9.17) is 10.5 Å². The third kappa shape index (κ3) is 3.93. The Morgan fingerprint density at radius 2 is 1.84 bits per heavy atom. The van der Waals surface area contributed by atoms with Gasteiger partial charge in [-0.25, -0.2) is 13.2 Å². The third-order valence-corrected chi connectivity index (χ3v) is 2.47. The van der Waals surface area contributed by atoms with E-state index < -0.39 is 28.9 Å². The van der Waals surface area contributed by atoms with Crippen molar-refractivity contribution in [3.05, 3.63) is 35.1 Å². The predicted molar refractivity (Wildman–Crippen MR) is 63.1 cm³/mol. The fourth-order valence-electron chi connectivity index (χ4n) is 1.58. The predicted octanol–water partition coefficient (Wildman–Crippen LogP) is 1.15. The van der Waals surface area contributed by atoms with Crippen molar-refractivity contribution >= 4 is 5.91 Å². The van der Waals surface area contributed by atoms with E-state index in [0.717, 1.165) is 4.90 Å². The second-order valence-electron chi connectivity index (χ2n) is 3.82. The summed E-state index contributed by atoms with van der Waals surface area (Å²) in [6.45, 7) is 0.608. The zero-order valence-corrected chi connectivity index (χ0v) is 10.5. The molecule has 0 spiro atoms. The van der Waals surface area contributed by atoms with Gasteiger partial charge in [0.2, 0.25) is 0 Å². The number of amides is 1. The summed E-state index contributed by atoms with van der Waals surface area (Å²) in [7, 11) is 1.43. The van der Waals surface area contributed by atoms with Gasteiger partial charge in [-0.3, -0.25) is 4.79 Å². The van der Waals surface area contributed by atoms with E-state index >= 15 is 0 Å². The number of nitrogens with two attached hydrogens (primary N) is 1. The van der Waals surface area contributed by atoms with Gasteiger partial charge in [-0.05, 0) is 0 Å². The molecule has 0 aliphatic carbocycles. The molecule has 0 aliphatic rings. The van der Waals surface area contributed by atoms with E-state index in [-0.39, 0.29) is 26.2 Å². The van der Waals surface area contributed by atoms with Gasteiger partial charge in [0.15, 0.2) is 0 Å². The summed E-state index contributed by atoms with van der Waals surface area (Å²) < 4.78 is 44.6. The van der Waals surface area contributed by atoms with E-state index in [2.05, 4.69) is 0 Å². The van der Waals surface area contributed by atoms with Crippen molar-refractivity contribution in [1.82, 2.24) is 4.90 Å². The highest BCUT2D eigenvalue weighted by Crippen LogP contribution is 2.16. The van der Waals surface area contributed by atoms with Crippen LogP contribution in [0.3, 0.4) is 0 Å². The Kier molecular flexibility index (Phi) is 5.78. The molecule has 0 radical (unpaired) electrons. The first-order valence-corrected chi connectivity index (χ1v) is 5.64. The van der Waals surface area contributed by atoms with Crippen LogP contribution >= 0.6 is 0 Å². The first kappa shape index (κ1) is 15.5. The Hall–Kier alpha value is -1.60. The molecule has 0 fully saturated rings. The Morgan fingerprint density at radius 3 is 2.32 bits per heavy atom. The van der Waals surface area contributed by atoms with Crippen LogP contribution in [-0.4, -0.2) is 44.2 Å². The summed E-state index contributed by atoms with van der Waals surface area (Å²) in [6.07, 6.45) is 0. The van der Waals surface area contributed by atoms with Crippen LogP contribution < -0.4 is 5.73 Å². The molecule has 0 aliphatic heterocycles.